The fourth-order valence-electron chi connectivity index (χ4n) is 0.797. The van der Waals surface area contributed by atoms with E-state index in [0.29, 0.717) is 19.4 Å². The van der Waals surface area contributed by atoms with Crippen molar-refractivity contribution in [1.82, 2.24) is 5.32 Å². The molecule has 0 aliphatic heterocycles. The van der Waals surface area contributed by atoms with Gasteiger partial charge in [-0.2, -0.15) is 8.78 Å². The summed E-state index contributed by atoms with van der Waals surface area (Å²) >= 11 is 0. The number of nitrogens with one attached hydrogen (secondary N) is 1. The second kappa shape index (κ2) is 5.89. The highest BCUT2D eigenvalue weighted by Gasteiger charge is 2.00. The summed E-state index contributed by atoms with van der Waals surface area (Å²) in [6.45, 7) is 5.89. The monoisotopic (exact) mass is 175 g/mol. The SMILES string of the molecule is C=C(CCC(C)=C(F)F)CNC. The van der Waals surface area contributed by atoms with Gasteiger partial charge in [0.25, 0.3) is 6.08 Å². The molecular weight excluding hydrogens is 160 g/mol. The standard InChI is InChI=1S/C9H15F2N/c1-7(6-12-3)4-5-8(2)9(10)11/h12H,1,4-6H2,2-3H3. The zero-order valence-electron chi connectivity index (χ0n) is 7.58. The van der Waals surface area contributed by atoms with Crippen molar-refractivity contribution in [2.45, 2.75) is 19.8 Å². The Morgan fingerprint density at radius 3 is 2.33 bits per heavy atom. The van der Waals surface area contributed by atoms with Gasteiger partial charge in [0.2, 0.25) is 0 Å². The maximum absolute atomic E-state index is 11.9. The van der Waals surface area contributed by atoms with Gasteiger partial charge in [-0.15, -0.1) is 0 Å². The molecule has 0 aliphatic rings. The fourth-order valence-corrected chi connectivity index (χ4v) is 0.797. The van der Waals surface area contributed by atoms with Gasteiger partial charge >= 0.3 is 0 Å². The second-order valence-corrected chi connectivity index (χ2v) is 2.82. The van der Waals surface area contributed by atoms with Gasteiger partial charge < -0.3 is 5.32 Å². The highest BCUT2D eigenvalue weighted by molar-refractivity contribution is 5.04. The summed E-state index contributed by atoms with van der Waals surface area (Å²) in [7, 11) is 1.81. The Morgan fingerprint density at radius 2 is 1.92 bits per heavy atom. The van der Waals surface area contributed by atoms with Gasteiger partial charge in [0.15, 0.2) is 0 Å². The summed E-state index contributed by atoms with van der Waals surface area (Å²) in [5.41, 5.74) is 1.12. The molecule has 0 aromatic carbocycles. The number of hydrogen-bond donors (Lipinski definition) is 1. The molecule has 0 saturated carbocycles. The maximum Gasteiger partial charge on any atom is 0.269 e. The van der Waals surface area contributed by atoms with Crippen LogP contribution < -0.4 is 5.32 Å². The van der Waals surface area contributed by atoms with E-state index in [1.54, 1.807) is 0 Å². The molecule has 0 bridgehead atoms. The van der Waals surface area contributed by atoms with Crippen LogP contribution in [0.25, 0.3) is 0 Å². The summed E-state index contributed by atoms with van der Waals surface area (Å²) in [6.07, 6.45) is -0.528. The minimum absolute atomic E-state index is 0.159. The number of likely N-dealkylation sites (N-methyl/N-ethyl adjacent to an activating group) is 1. The molecule has 0 aliphatic carbocycles. The summed E-state index contributed by atoms with van der Waals surface area (Å²) < 4.78 is 23.8. The van der Waals surface area contributed by atoms with E-state index in [1.807, 2.05) is 7.05 Å². The minimum atomic E-state index is -1.56. The zero-order chi connectivity index (χ0) is 9.56. The molecule has 0 amide bonds. The minimum Gasteiger partial charge on any atom is -0.316 e. The molecule has 0 aromatic heterocycles. The van der Waals surface area contributed by atoms with Crippen LogP contribution in [0, 0.1) is 0 Å². The molecule has 70 valence electrons. The van der Waals surface area contributed by atoms with Crippen LogP contribution in [0.5, 0.6) is 0 Å². The van der Waals surface area contributed by atoms with Crippen LogP contribution in [0.3, 0.4) is 0 Å². The Hall–Kier alpha value is -0.700. The first-order valence-corrected chi connectivity index (χ1v) is 3.90. The van der Waals surface area contributed by atoms with Crippen LogP contribution in [-0.4, -0.2) is 13.6 Å². The Kier molecular flexibility index (Phi) is 5.54. The number of rotatable bonds is 5. The van der Waals surface area contributed by atoms with Crippen molar-refractivity contribution in [3.05, 3.63) is 23.8 Å². The molecule has 0 rings (SSSR count). The lowest BCUT2D eigenvalue weighted by molar-refractivity contribution is 0.408. The van der Waals surface area contributed by atoms with Crippen molar-refractivity contribution in [3.63, 3.8) is 0 Å². The van der Waals surface area contributed by atoms with Crippen molar-refractivity contribution in [1.29, 1.82) is 0 Å². The van der Waals surface area contributed by atoms with E-state index in [4.69, 9.17) is 0 Å². The first-order chi connectivity index (χ1) is 5.57. The molecule has 12 heavy (non-hydrogen) atoms. The molecule has 3 heteroatoms. The van der Waals surface area contributed by atoms with E-state index in [-0.39, 0.29) is 5.57 Å². The summed E-state index contributed by atoms with van der Waals surface area (Å²) in [4.78, 5) is 0. The summed E-state index contributed by atoms with van der Waals surface area (Å²) in [6, 6.07) is 0. The molecule has 0 heterocycles. The van der Waals surface area contributed by atoms with Crippen LogP contribution in [0.4, 0.5) is 8.78 Å². The molecule has 0 unspecified atom stereocenters. The Bertz CT molecular complexity index is 181. The highest BCUT2D eigenvalue weighted by Crippen LogP contribution is 2.15. The normalized spacial score (nSPS) is 9.67. The third-order valence-corrected chi connectivity index (χ3v) is 1.60. The second-order valence-electron chi connectivity index (χ2n) is 2.82. The van der Waals surface area contributed by atoms with Crippen LogP contribution in [0.1, 0.15) is 19.8 Å². The van der Waals surface area contributed by atoms with Gasteiger partial charge in [0, 0.05) is 6.54 Å². The van der Waals surface area contributed by atoms with Crippen molar-refractivity contribution in [3.8, 4) is 0 Å². The van der Waals surface area contributed by atoms with Gasteiger partial charge in [0.05, 0.1) is 0 Å². The summed E-state index contributed by atoms with van der Waals surface area (Å²) in [5.74, 6) is 0. The number of halogens is 2. The Balaban J connectivity index is 3.69. The van der Waals surface area contributed by atoms with Crippen LogP contribution in [0.2, 0.25) is 0 Å². The van der Waals surface area contributed by atoms with Crippen LogP contribution >= 0.6 is 0 Å². The van der Waals surface area contributed by atoms with Crippen LogP contribution in [-0.2, 0) is 0 Å². The van der Waals surface area contributed by atoms with Crippen molar-refractivity contribution < 1.29 is 8.78 Å². The zero-order valence-corrected chi connectivity index (χ0v) is 7.58. The van der Waals surface area contributed by atoms with E-state index < -0.39 is 6.08 Å². The van der Waals surface area contributed by atoms with Gasteiger partial charge in [-0.25, -0.2) is 0 Å². The van der Waals surface area contributed by atoms with Gasteiger partial charge in [0.1, 0.15) is 0 Å². The lowest BCUT2D eigenvalue weighted by atomic mass is 10.1. The topological polar surface area (TPSA) is 12.0 Å². The molecule has 0 atom stereocenters. The van der Waals surface area contributed by atoms with E-state index in [2.05, 4.69) is 11.9 Å². The number of hydrogen-bond acceptors (Lipinski definition) is 1. The van der Waals surface area contributed by atoms with Crippen molar-refractivity contribution >= 4 is 0 Å². The fraction of sp³-hybridized carbons (Fsp3) is 0.556. The quantitative estimate of drug-likeness (QED) is 0.633. The Labute approximate surface area is 72.2 Å². The largest absolute Gasteiger partial charge is 0.316 e. The first kappa shape index (κ1) is 11.3. The third kappa shape index (κ3) is 5.02. The molecule has 0 spiro atoms. The van der Waals surface area contributed by atoms with Crippen molar-refractivity contribution in [2.24, 2.45) is 0 Å². The highest BCUT2D eigenvalue weighted by atomic mass is 19.3. The van der Waals surface area contributed by atoms with Gasteiger partial charge in [-0.05, 0) is 32.4 Å². The smallest absolute Gasteiger partial charge is 0.269 e. The third-order valence-electron chi connectivity index (χ3n) is 1.60. The summed E-state index contributed by atoms with van der Waals surface area (Å²) in [5, 5.41) is 2.92. The van der Waals surface area contributed by atoms with E-state index in [9.17, 15) is 8.78 Å². The van der Waals surface area contributed by atoms with E-state index in [0.717, 1.165) is 5.57 Å². The van der Waals surface area contributed by atoms with Gasteiger partial charge in [-0.1, -0.05) is 12.2 Å². The molecule has 1 N–H and O–H groups in total. The maximum atomic E-state index is 11.9. The van der Waals surface area contributed by atoms with Crippen molar-refractivity contribution in [2.75, 3.05) is 13.6 Å². The average molecular weight is 175 g/mol. The number of allylic oxidation sites excluding steroid dienone is 1. The average Bonchev–Trinajstić information content (AvgIpc) is 2.00. The Morgan fingerprint density at radius 1 is 1.33 bits per heavy atom. The molecule has 0 aromatic rings. The van der Waals surface area contributed by atoms with E-state index >= 15 is 0 Å². The van der Waals surface area contributed by atoms with Gasteiger partial charge in [-0.3, -0.25) is 0 Å². The van der Waals surface area contributed by atoms with E-state index in [1.165, 1.54) is 6.92 Å². The molecule has 0 fully saturated rings. The molecular formula is C9H15F2N. The lowest BCUT2D eigenvalue weighted by Gasteiger charge is -2.03. The molecule has 0 radical (unpaired) electrons. The molecule has 1 nitrogen and oxygen atoms in total. The lowest BCUT2D eigenvalue weighted by Crippen LogP contribution is -2.09. The molecule has 0 saturated heterocycles. The predicted molar refractivity (Wildman–Crippen MR) is 47.2 cm³/mol. The van der Waals surface area contributed by atoms with Crippen LogP contribution in [0.15, 0.2) is 23.8 Å². The first-order valence-electron chi connectivity index (χ1n) is 3.90. The predicted octanol–water partition coefficient (Wildman–Crippen LogP) is 2.71.